The highest BCUT2D eigenvalue weighted by Gasteiger charge is 2.17. The normalized spacial score (nSPS) is 14.2. The molecule has 1 N–H and O–H groups in total. The van der Waals surface area contributed by atoms with E-state index in [1.54, 1.807) is 22.7 Å². The highest BCUT2D eigenvalue weighted by atomic mass is 35.5. The first-order valence-corrected chi connectivity index (χ1v) is 8.80. The van der Waals surface area contributed by atoms with Crippen LogP contribution in [0, 0.1) is 6.92 Å². The van der Waals surface area contributed by atoms with E-state index in [0.29, 0.717) is 22.1 Å². The second-order valence-corrected chi connectivity index (χ2v) is 6.75. The number of pyridine rings is 1. The third-order valence-corrected chi connectivity index (χ3v) is 4.81. The first-order chi connectivity index (χ1) is 12.1. The second-order valence-electron chi connectivity index (χ2n) is 6.31. The van der Waals surface area contributed by atoms with E-state index in [-0.39, 0.29) is 5.91 Å². The fourth-order valence-corrected chi connectivity index (χ4v) is 3.49. The van der Waals surface area contributed by atoms with E-state index in [1.807, 2.05) is 19.1 Å². The lowest BCUT2D eigenvalue weighted by molar-refractivity contribution is 0.102. The summed E-state index contributed by atoms with van der Waals surface area (Å²) in [6.07, 6.45) is 4.26. The van der Waals surface area contributed by atoms with Crippen LogP contribution in [0.4, 0.5) is 11.4 Å². The molecule has 0 aliphatic carbocycles. The quantitative estimate of drug-likeness (QED) is 0.768. The Morgan fingerprint density at radius 1 is 1.16 bits per heavy atom. The summed E-state index contributed by atoms with van der Waals surface area (Å²) in [5.41, 5.74) is 3.84. The molecule has 1 aliphatic heterocycles. The van der Waals surface area contributed by atoms with Gasteiger partial charge >= 0.3 is 0 Å². The van der Waals surface area contributed by atoms with Crippen LogP contribution in [0.5, 0.6) is 0 Å². The topological polar surface area (TPSA) is 49.6 Å². The number of nitrogens with one attached hydrogen (secondary N) is 1. The maximum Gasteiger partial charge on any atom is 0.274 e. The average Bonchev–Trinajstić information content (AvgIpc) is 3.22. The molecule has 128 valence electrons. The summed E-state index contributed by atoms with van der Waals surface area (Å²) in [4.78, 5) is 19.5. The lowest BCUT2D eigenvalue weighted by Gasteiger charge is -2.17. The zero-order valence-electron chi connectivity index (χ0n) is 14.0. The van der Waals surface area contributed by atoms with Crippen LogP contribution in [0.15, 0.2) is 42.6 Å². The van der Waals surface area contributed by atoms with Crippen LogP contribution in [-0.2, 0) is 0 Å². The Kier molecular flexibility index (Phi) is 4.09. The van der Waals surface area contributed by atoms with Gasteiger partial charge in [0.2, 0.25) is 0 Å². The van der Waals surface area contributed by atoms with Crippen molar-refractivity contribution in [1.29, 1.82) is 0 Å². The van der Waals surface area contributed by atoms with Crippen molar-refractivity contribution in [2.45, 2.75) is 19.8 Å². The molecular formula is C19H19ClN4O. The molecular weight excluding hydrogens is 336 g/mol. The Morgan fingerprint density at radius 2 is 1.88 bits per heavy atom. The van der Waals surface area contributed by atoms with Crippen molar-refractivity contribution >= 4 is 34.5 Å². The molecule has 4 rings (SSSR count). The van der Waals surface area contributed by atoms with E-state index in [9.17, 15) is 4.79 Å². The summed E-state index contributed by atoms with van der Waals surface area (Å²) in [5, 5.41) is 3.56. The number of nitrogens with zero attached hydrogens (tertiary/aromatic N) is 3. The molecule has 25 heavy (non-hydrogen) atoms. The second kappa shape index (κ2) is 6.41. The smallest absolute Gasteiger partial charge is 0.274 e. The Hall–Kier alpha value is -2.53. The number of aryl methyl sites for hydroxylation is 1. The summed E-state index contributed by atoms with van der Waals surface area (Å²) in [5.74, 6) is -0.179. The van der Waals surface area contributed by atoms with Crippen molar-refractivity contribution in [3.05, 3.63) is 59.0 Å². The van der Waals surface area contributed by atoms with E-state index in [4.69, 9.17) is 11.6 Å². The molecule has 2 aromatic heterocycles. The van der Waals surface area contributed by atoms with Crippen molar-refractivity contribution in [3.8, 4) is 0 Å². The number of halogens is 1. The van der Waals surface area contributed by atoms with Gasteiger partial charge in [-0.3, -0.25) is 9.20 Å². The number of carbonyl (C=O) groups excluding carboxylic acids is 1. The maximum absolute atomic E-state index is 12.7. The van der Waals surface area contributed by atoms with Crippen molar-refractivity contribution < 1.29 is 4.79 Å². The first-order valence-electron chi connectivity index (χ1n) is 8.42. The Bertz CT molecular complexity index is 926. The summed E-state index contributed by atoms with van der Waals surface area (Å²) in [6, 6.07) is 11.5. The van der Waals surface area contributed by atoms with Gasteiger partial charge in [-0.1, -0.05) is 11.6 Å². The number of aromatic nitrogens is 2. The van der Waals surface area contributed by atoms with Gasteiger partial charge < -0.3 is 10.2 Å². The zero-order valence-corrected chi connectivity index (χ0v) is 14.8. The maximum atomic E-state index is 12.7. The van der Waals surface area contributed by atoms with Crippen LogP contribution in [0.25, 0.3) is 5.65 Å². The van der Waals surface area contributed by atoms with Gasteiger partial charge in [0, 0.05) is 41.8 Å². The number of amides is 1. The summed E-state index contributed by atoms with van der Waals surface area (Å²) >= 11 is 6.00. The number of benzene rings is 1. The number of hydrogen-bond donors (Lipinski definition) is 1. The molecule has 1 fully saturated rings. The van der Waals surface area contributed by atoms with Crippen LogP contribution in [0.2, 0.25) is 5.02 Å². The van der Waals surface area contributed by atoms with E-state index >= 15 is 0 Å². The van der Waals surface area contributed by atoms with Gasteiger partial charge in [-0.25, -0.2) is 4.98 Å². The minimum atomic E-state index is -0.179. The van der Waals surface area contributed by atoms with Gasteiger partial charge in [0.05, 0.1) is 5.69 Å². The number of imidazole rings is 1. The molecule has 6 heteroatoms. The standard InChI is InChI=1S/C19H19ClN4O/c1-13-18(24-11-8-14(20)12-17(24)21-13)19(25)22-15-4-6-16(7-5-15)23-9-2-3-10-23/h4-8,11-12H,2-3,9-10H2,1H3,(H,22,25). The number of rotatable bonds is 3. The Labute approximate surface area is 151 Å². The number of hydrogen-bond acceptors (Lipinski definition) is 3. The van der Waals surface area contributed by atoms with Gasteiger partial charge in [0.1, 0.15) is 11.3 Å². The molecule has 1 aromatic carbocycles. The van der Waals surface area contributed by atoms with Crippen LogP contribution >= 0.6 is 11.6 Å². The SMILES string of the molecule is Cc1nc2cc(Cl)ccn2c1C(=O)Nc1ccc(N2CCCC2)cc1. The molecule has 1 aliphatic rings. The Balaban J connectivity index is 1.57. The van der Waals surface area contributed by atoms with Crippen LogP contribution < -0.4 is 10.2 Å². The van der Waals surface area contributed by atoms with Gasteiger partial charge in [0.25, 0.3) is 5.91 Å². The van der Waals surface area contributed by atoms with Crippen molar-refractivity contribution in [3.63, 3.8) is 0 Å². The predicted octanol–water partition coefficient (Wildman–Crippen LogP) is 4.15. The van der Waals surface area contributed by atoms with Gasteiger partial charge in [-0.05, 0) is 50.1 Å². The van der Waals surface area contributed by atoms with E-state index in [0.717, 1.165) is 18.8 Å². The minimum Gasteiger partial charge on any atom is -0.372 e. The highest BCUT2D eigenvalue weighted by molar-refractivity contribution is 6.30. The molecule has 3 heterocycles. The van der Waals surface area contributed by atoms with Gasteiger partial charge in [-0.2, -0.15) is 0 Å². The summed E-state index contributed by atoms with van der Waals surface area (Å²) < 4.78 is 1.76. The number of fused-ring (bicyclic) bond motifs is 1. The fraction of sp³-hybridized carbons (Fsp3) is 0.263. The average molecular weight is 355 g/mol. The lowest BCUT2D eigenvalue weighted by Crippen LogP contribution is -2.18. The third-order valence-electron chi connectivity index (χ3n) is 4.57. The molecule has 0 radical (unpaired) electrons. The first kappa shape index (κ1) is 16.0. The van der Waals surface area contributed by atoms with Gasteiger partial charge in [0.15, 0.2) is 0 Å². The third kappa shape index (κ3) is 3.07. The highest BCUT2D eigenvalue weighted by Crippen LogP contribution is 2.23. The fourth-order valence-electron chi connectivity index (χ4n) is 3.33. The molecule has 0 saturated carbocycles. The number of carbonyl (C=O) groups is 1. The molecule has 0 atom stereocenters. The molecule has 1 saturated heterocycles. The monoisotopic (exact) mass is 354 g/mol. The summed E-state index contributed by atoms with van der Waals surface area (Å²) in [6.45, 7) is 4.04. The van der Waals surface area contributed by atoms with Crippen LogP contribution in [0.3, 0.4) is 0 Å². The molecule has 3 aromatic rings. The van der Waals surface area contributed by atoms with Crippen molar-refractivity contribution in [1.82, 2.24) is 9.38 Å². The zero-order chi connectivity index (χ0) is 17.4. The molecule has 0 bridgehead atoms. The van der Waals surface area contributed by atoms with E-state index in [2.05, 4.69) is 27.3 Å². The van der Waals surface area contributed by atoms with Crippen LogP contribution in [0.1, 0.15) is 29.0 Å². The Morgan fingerprint density at radius 3 is 2.60 bits per heavy atom. The minimum absolute atomic E-state index is 0.179. The molecule has 0 spiro atoms. The van der Waals surface area contributed by atoms with Crippen LogP contribution in [-0.4, -0.2) is 28.4 Å². The largest absolute Gasteiger partial charge is 0.372 e. The predicted molar refractivity (Wildman–Crippen MR) is 101 cm³/mol. The number of anilines is 2. The van der Waals surface area contributed by atoms with Gasteiger partial charge in [-0.15, -0.1) is 0 Å². The van der Waals surface area contributed by atoms with E-state index in [1.165, 1.54) is 18.5 Å². The van der Waals surface area contributed by atoms with Crippen molar-refractivity contribution in [2.24, 2.45) is 0 Å². The molecule has 0 unspecified atom stereocenters. The molecule has 5 nitrogen and oxygen atoms in total. The molecule has 1 amide bonds. The lowest BCUT2D eigenvalue weighted by atomic mass is 10.2. The van der Waals surface area contributed by atoms with Crippen molar-refractivity contribution in [2.75, 3.05) is 23.3 Å². The van der Waals surface area contributed by atoms with E-state index < -0.39 is 0 Å². The summed E-state index contributed by atoms with van der Waals surface area (Å²) in [7, 11) is 0.